The Kier molecular flexibility index (Phi) is 12.1. The Bertz CT molecular complexity index is 2860. The summed E-state index contributed by atoms with van der Waals surface area (Å²) in [4.78, 5) is 95.0. The summed E-state index contributed by atoms with van der Waals surface area (Å²) in [5, 5.41) is 6.16. The molecule has 5 saturated heterocycles. The molecule has 4 aromatic rings. The molecule has 9 heterocycles. The summed E-state index contributed by atoms with van der Waals surface area (Å²) in [6, 6.07) is 13.9. The molecule has 8 fully saturated rings. The van der Waals surface area contributed by atoms with E-state index < -0.39 is 5.41 Å². The number of likely N-dealkylation sites (tertiary alicyclic amines) is 3. The minimum absolute atomic E-state index is 0.0614. The lowest BCUT2D eigenvalue weighted by Crippen LogP contribution is -2.61. The van der Waals surface area contributed by atoms with E-state index in [0.29, 0.717) is 89.9 Å². The van der Waals surface area contributed by atoms with E-state index in [1.165, 1.54) is 19.3 Å². The third-order valence-corrected chi connectivity index (χ3v) is 19.6. The highest BCUT2D eigenvalue weighted by atomic mass is 16.2. The molecule has 1 aromatic carbocycles. The molecule has 6 aliphatic heterocycles. The molecular formula is C58H73N11O5. The highest BCUT2D eigenvalue weighted by Gasteiger charge is 2.58. The normalized spacial score (nSPS) is 27.1. The minimum Gasteiger partial charge on any atom is -0.366 e. The van der Waals surface area contributed by atoms with Gasteiger partial charge >= 0.3 is 0 Å². The Hall–Kier alpha value is -5.90. The first kappa shape index (κ1) is 47.8. The number of anilines is 3. The van der Waals surface area contributed by atoms with Crippen molar-refractivity contribution >= 4 is 57.9 Å². The zero-order chi connectivity index (χ0) is 50.5. The summed E-state index contributed by atoms with van der Waals surface area (Å²) in [6.45, 7) is 10.3. The topological polar surface area (TPSA) is 169 Å². The largest absolute Gasteiger partial charge is 0.366 e. The van der Waals surface area contributed by atoms with Crippen molar-refractivity contribution in [1.82, 2.24) is 39.5 Å². The number of amides is 5. The van der Waals surface area contributed by atoms with Crippen molar-refractivity contribution < 1.29 is 24.0 Å². The van der Waals surface area contributed by atoms with Crippen LogP contribution in [-0.2, 0) is 29.4 Å². The molecule has 0 radical (unpaired) electrons. The number of fused-ring (bicyclic) bond motifs is 3. The number of imide groups is 1. The van der Waals surface area contributed by atoms with Gasteiger partial charge in [-0.3, -0.25) is 29.3 Å². The Morgan fingerprint density at radius 2 is 1.54 bits per heavy atom. The highest BCUT2D eigenvalue weighted by molar-refractivity contribution is 6.09. The second-order valence-electron chi connectivity index (χ2n) is 24.1. The number of benzene rings is 1. The number of carbonyl (C=O) groups excluding carboxylic acids is 5. The van der Waals surface area contributed by atoms with Crippen molar-refractivity contribution in [2.24, 2.45) is 17.3 Å². The van der Waals surface area contributed by atoms with Crippen molar-refractivity contribution in [3.63, 3.8) is 0 Å². The van der Waals surface area contributed by atoms with Crippen LogP contribution in [0.15, 0.2) is 48.9 Å². The number of carbonyl (C=O) groups is 5. The van der Waals surface area contributed by atoms with Crippen molar-refractivity contribution in [3.8, 4) is 11.3 Å². The van der Waals surface area contributed by atoms with Gasteiger partial charge in [-0.1, -0.05) is 31.0 Å². The molecule has 3 aromatic heterocycles. The lowest BCUT2D eigenvalue weighted by molar-refractivity contribution is -0.157. The standard InChI is InChI=1S/C58H73N11O5/c1-36(2)68-35-60-47-32-46(62-52(51(47)68)61-40-9-10-40)38-7-12-44-48(29-38)69(42-30-41(31-42)64-22-4-3-5-23-64)56(74)58(44)20-27-66(28-21-58)55(73)45-34-67(26-19-57(45)17-6-18-57)54(72)37-15-24-65(25-16-37)49-13-8-39(33-59-49)43-11-14-50(70)63-53(43)71/h7-8,12-13,29,32-33,35-37,40-43,45H,3-6,9-11,14-28,30-31,34H2,1-2H3,(H,61,62)(H,63,70,71). The van der Waals surface area contributed by atoms with E-state index in [-0.39, 0.29) is 64.8 Å². The van der Waals surface area contributed by atoms with Gasteiger partial charge in [0.25, 0.3) is 0 Å². The van der Waals surface area contributed by atoms with Crippen LogP contribution in [0, 0.1) is 17.3 Å². The Morgan fingerprint density at radius 3 is 2.23 bits per heavy atom. The van der Waals surface area contributed by atoms with Crippen molar-refractivity contribution in [1.29, 1.82) is 0 Å². The summed E-state index contributed by atoms with van der Waals surface area (Å²) in [5.74, 6) is 1.01. The van der Waals surface area contributed by atoms with Crippen LogP contribution in [-0.4, -0.2) is 134 Å². The van der Waals surface area contributed by atoms with E-state index >= 15 is 9.59 Å². The SMILES string of the molecule is CC(C)n1cnc2cc(-c3ccc4c(c3)N(C3CC(N5CCCCC5)C3)C(=O)C43CCN(C(=O)C4CN(C(=O)C5CCN(c6ccc(C7CCC(=O)NC7=O)cn6)CC5)CCC45CCC5)CC3)nc(NC3CC3)c21. The fourth-order valence-electron chi connectivity index (χ4n) is 14.6. The second-order valence-corrected chi connectivity index (χ2v) is 24.1. The van der Waals surface area contributed by atoms with Crippen LogP contribution >= 0.6 is 0 Å². The van der Waals surface area contributed by atoms with Gasteiger partial charge in [0.15, 0.2) is 5.82 Å². The molecule has 13 rings (SSSR count). The maximum Gasteiger partial charge on any atom is 0.238 e. The van der Waals surface area contributed by atoms with Crippen LogP contribution in [0.2, 0.25) is 0 Å². The third kappa shape index (κ3) is 8.27. The number of rotatable bonds is 10. The predicted molar refractivity (Wildman–Crippen MR) is 282 cm³/mol. The molecule has 3 aliphatic carbocycles. The maximum atomic E-state index is 15.4. The van der Waals surface area contributed by atoms with Gasteiger partial charge in [-0.25, -0.2) is 15.0 Å². The molecule has 2 N–H and O–H groups in total. The van der Waals surface area contributed by atoms with Crippen LogP contribution < -0.4 is 20.4 Å². The van der Waals surface area contributed by atoms with Crippen LogP contribution in [0.3, 0.4) is 0 Å². The molecular weight excluding hydrogens is 931 g/mol. The fraction of sp³-hybridized carbons (Fsp3) is 0.621. The van der Waals surface area contributed by atoms with Gasteiger partial charge in [0, 0.05) is 93.2 Å². The van der Waals surface area contributed by atoms with Gasteiger partial charge in [-0.15, -0.1) is 0 Å². The number of aromatic nitrogens is 4. The minimum atomic E-state index is -0.699. The molecule has 5 amide bonds. The van der Waals surface area contributed by atoms with Crippen LogP contribution in [0.5, 0.6) is 0 Å². The lowest BCUT2D eigenvalue weighted by atomic mass is 9.57. The number of hydrogen-bond donors (Lipinski definition) is 2. The molecule has 9 aliphatic rings. The smallest absolute Gasteiger partial charge is 0.238 e. The van der Waals surface area contributed by atoms with Gasteiger partial charge in [-0.05, 0) is 152 Å². The van der Waals surface area contributed by atoms with E-state index in [2.05, 4.69) is 72.9 Å². The molecule has 74 heavy (non-hydrogen) atoms. The monoisotopic (exact) mass is 1000 g/mol. The van der Waals surface area contributed by atoms with Gasteiger partial charge in [-0.2, -0.15) is 0 Å². The molecule has 2 spiro atoms. The van der Waals surface area contributed by atoms with Crippen LogP contribution in [0.25, 0.3) is 22.3 Å². The quantitative estimate of drug-likeness (QED) is 0.153. The van der Waals surface area contributed by atoms with Crippen molar-refractivity contribution in [2.75, 3.05) is 67.5 Å². The van der Waals surface area contributed by atoms with E-state index in [1.807, 2.05) is 23.4 Å². The molecule has 16 heteroatoms. The molecule has 3 saturated carbocycles. The first-order valence-electron chi connectivity index (χ1n) is 28.4. The number of imidazole rings is 1. The number of hydrogen-bond acceptors (Lipinski definition) is 11. The number of nitrogens with zero attached hydrogens (tertiary/aromatic N) is 9. The average molecular weight is 1000 g/mol. The maximum absolute atomic E-state index is 15.4. The van der Waals surface area contributed by atoms with Crippen LogP contribution in [0.4, 0.5) is 17.3 Å². The lowest BCUT2D eigenvalue weighted by Gasteiger charge is -2.54. The number of piperidine rings is 5. The molecule has 0 bridgehead atoms. The first-order chi connectivity index (χ1) is 35.9. The molecule has 16 nitrogen and oxygen atoms in total. The summed E-state index contributed by atoms with van der Waals surface area (Å²) >= 11 is 0. The molecule has 2 atom stereocenters. The number of pyridine rings is 2. The second kappa shape index (κ2) is 18.7. The predicted octanol–water partition coefficient (Wildman–Crippen LogP) is 7.33. The Morgan fingerprint density at radius 1 is 0.770 bits per heavy atom. The Balaban J connectivity index is 0.708. The average Bonchev–Trinajstić information content (AvgIpc) is 4.06. The summed E-state index contributed by atoms with van der Waals surface area (Å²) in [6.07, 6.45) is 19.2. The van der Waals surface area contributed by atoms with E-state index in [4.69, 9.17) is 15.0 Å². The fourth-order valence-corrected chi connectivity index (χ4v) is 14.6. The van der Waals surface area contributed by atoms with Gasteiger partial charge in [0.2, 0.25) is 29.5 Å². The van der Waals surface area contributed by atoms with E-state index in [9.17, 15) is 14.4 Å². The van der Waals surface area contributed by atoms with Crippen molar-refractivity contribution in [2.45, 2.75) is 159 Å². The number of nitrogens with one attached hydrogen (secondary N) is 2. The Labute approximate surface area is 434 Å². The van der Waals surface area contributed by atoms with Crippen molar-refractivity contribution in [3.05, 3.63) is 60.0 Å². The van der Waals surface area contributed by atoms with E-state index in [0.717, 1.165) is 115 Å². The molecule has 2 unspecified atom stereocenters. The van der Waals surface area contributed by atoms with Gasteiger partial charge in [0.05, 0.1) is 34.8 Å². The zero-order valence-electron chi connectivity index (χ0n) is 43.4. The third-order valence-electron chi connectivity index (χ3n) is 19.6. The zero-order valence-corrected chi connectivity index (χ0v) is 43.4. The van der Waals surface area contributed by atoms with Gasteiger partial charge in [0.1, 0.15) is 11.3 Å². The summed E-state index contributed by atoms with van der Waals surface area (Å²) < 4.78 is 2.20. The summed E-state index contributed by atoms with van der Waals surface area (Å²) in [5.41, 5.74) is 5.95. The highest BCUT2D eigenvalue weighted by Crippen LogP contribution is 2.55. The van der Waals surface area contributed by atoms with Gasteiger partial charge < -0.3 is 34.4 Å². The van der Waals surface area contributed by atoms with Crippen LogP contribution in [0.1, 0.15) is 146 Å². The molecule has 390 valence electrons. The van der Waals surface area contributed by atoms with E-state index in [1.54, 1.807) is 6.20 Å². The first-order valence-corrected chi connectivity index (χ1v) is 28.4. The summed E-state index contributed by atoms with van der Waals surface area (Å²) in [7, 11) is 0.